The smallest absolute Gasteiger partial charge is 0.159 e. The molecule has 1 aromatic carbocycles. The summed E-state index contributed by atoms with van der Waals surface area (Å²) in [6, 6.07) is 8.62. The maximum atomic E-state index is 6.11. The van der Waals surface area contributed by atoms with Crippen LogP contribution in [0.1, 0.15) is 13.3 Å². The molecule has 1 aliphatic heterocycles. The molecule has 18 heavy (non-hydrogen) atoms. The van der Waals surface area contributed by atoms with Gasteiger partial charge >= 0.3 is 0 Å². The van der Waals surface area contributed by atoms with Gasteiger partial charge in [-0.3, -0.25) is 0 Å². The highest BCUT2D eigenvalue weighted by molar-refractivity contribution is 6.18. The van der Waals surface area contributed by atoms with Gasteiger partial charge in [-0.15, -0.1) is 16.7 Å². The first-order chi connectivity index (χ1) is 8.81. The third-order valence-corrected chi connectivity index (χ3v) is 4.18. The van der Waals surface area contributed by atoms with Crippen molar-refractivity contribution in [2.24, 2.45) is 5.92 Å². The second-order valence-electron chi connectivity index (χ2n) is 4.94. The Morgan fingerprint density at radius 1 is 1.39 bits per heavy atom. The summed E-state index contributed by atoms with van der Waals surface area (Å²) in [5.41, 5.74) is 0. The lowest BCUT2D eigenvalue weighted by molar-refractivity contribution is 0.548. The highest BCUT2D eigenvalue weighted by Gasteiger charge is 2.32. The molecule has 1 aliphatic rings. The summed E-state index contributed by atoms with van der Waals surface area (Å²) in [7, 11) is 0. The van der Waals surface area contributed by atoms with Crippen LogP contribution in [0, 0.1) is 5.92 Å². The summed E-state index contributed by atoms with van der Waals surface area (Å²) in [5.74, 6) is 2.23. The van der Waals surface area contributed by atoms with Crippen molar-refractivity contribution in [1.29, 1.82) is 0 Å². The number of aromatic nitrogens is 2. The predicted molar refractivity (Wildman–Crippen MR) is 75.2 cm³/mol. The van der Waals surface area contributed by atoms with Gasteiger partial charge < -0.3 is 4.90 Å². The first-order valence-electron chi connectivity index (χ1n) is 6.34. The van der Waals surface area contributed by atoms with Gasteiger partial charge in [-0.1, -0.05) is 31.2 Å². The van der Waals surface area contributed by atoms with E-state index in [9.17, 15) is 0 Å². The lowest BCUT2D eigenvalue weighted by Crippen LogP contribution is -2.34. The zero-order valence-corrected chi connectivity index (χ0v) is 11.1. The summed E-state index contributed by atoms with van der Waals surface area (Å²) in [6.07, 6.45) is 2.98. The number of fused-ring (bicyclic) bond motifs is 1. The molecule has 0 bridgehead atoms. The average Bonchev–Trinajstić information content (AvgIpc) is 2.79. The van der Waals surface area contributed by atoms with E-state index in [1.807, 2.05) is 18.3 Å². The molecule has 0 amide bonds. The number of alkyl halides is 1. The Bertz CT molecular complexity index is 552. The molecule has 0 aliphatic carbocycles. The van der Waals surface area contributed by atoms with E-state index in [0.717, 1.165) is 23.1 Å². The number of halogens is 1. The van der Waals surface area contributed by atoms with Crippen molar-refractivity contribution in [3.8, 4) is 0 Å². The van der Waals surface area contributed by atoms with Gasteiger partial charge in [0.05, 0.1) is 6.20 Å². The van der Waals surface area contributed by atoms with Crippen molar-refractivity contribution in [2.45, 2.75) is 19.4 Å². The van der Waals surface area contributed by atoms with E-state index in [1.54, 1.807) is 0 Å². The summed E-state index contributed by atoms with van der Waals surface area (Å²) in [6.45, 7) is 3.27. The molecule has 3 rings (SSSR count). The molecule has 2 aromatic rings. The zero-order chi connectivity index (χ0) is 12.5. The average molecular weight is 262 g/mol. The Morgan fingerprint density at radius 2 is 2.22 bits per heavy atom. The summed E-state index contributed by atoms with van der Waals surface area (Å²) >= 11 is 6.11. The van der Waals surface area contributed by atoms with Gasteiger partial charge in [0.15, 0.2) is 5.82 Å². The second-order valence-corrected chi connectivity index (χ2v) is 5.25. The lowest BCUT2D eigenvalue weighted by atomic mass is 10.0. The van der Waals surface area contributed by atoms with E-state index in [0.29, 0.717) is 17.8 Å². The van der Waals surface area contributed by atoms with E-state index < -0.39 is 0 Å². The van der Waals surface area contributed by atoms with Crippen LogP contribution in [0.5, 0.6) is 0 Å². The number of anilines is 1. The molecule has 2 heterocycles. The van der Waals surface area contributed by atoms with Gasteiger partial charge in [-0.2, -0.15) is 5.10 Å². The fraction of sp³-hybridized carbons (Fsp3) is 0.429. The Hall–Kier alpha value is -1.35. The Labute approximate surface area is 112 Å². The van der Waals surface area contributed by atoms with Crippen LogP contribution in [-0.4, -0.2) is 28.7 Å². The van der Waals surface area contributed by atoms with Gasteiger partial charge in [-0.05, 0) is 12.3 Å². The SMILES string of the molecule is CC1CCN(c2nncc3ccccc23)C1CCl. The van der Waals surface area contributed by atoms with Crippen molar-refractivity contribution >= 4 is 28.2 Å². The topological polar surface area (TPSA) is 29.0 Å². The second kappa shape index (κ2) is 4.73. The van der Waals surface area contributed by atoms with Gasteiger partial charge in [0.1, 0.15) is 0 Å². The minimum absolute atomic E-state index is 0.367. The van der Waals surface area contributed by atoms with E-state index in [1.165, 1.54) is 6.42 Å². The highest BCUT2D eigenvalue weighted by Crippen LogP contribution is 2.32. The lowest BCUT2D eigenvalue weighted by Gasteiger charge is -2.26. The Morgan fingerprint density at radius 3 is 3.06 bits per heavy atom. The molecule has 0 spiro atoms. The number of hydrogen-bond acceptors (Lipinski definition) is 3. The van der Waals surface area contributed by atoms with E-state index in [2.05, 4.69) is 34.2 Å². The van der Waals surface area contributed by atoms with Crippen LogP contribution in [0.25, 0.3) is 10.8 Å². The van der Waals surface area contributed by atoms with Gasteiger partial charge in [0, 0.05) is 29.2 Å². The number of nitrogens with zero attached hydrogens (tertiary/aromatic N) is 3. The first-order valence-corrected chi connectivity index (χ1v) is 6.87. The Balaban J connectivity index is 2.09. The molecule has 0 N–H and O–H groups in total. The van der Waals surface area contributed by atoms with Crippen molar-refractivity contribution in [3.63, 3.8) is 0 Å². The summed E-state index contributed by atoms with van der Waals surface area (Å²) in [5, 5.41) is 10.8. The maximum Gasteiger partial charge on any atom is 0.159 e. The van der Waals surface area contributed by atoms with Crippen LogP contribution in [0.2, 0.25) is 0 Å². The molecule has 4 heteroatoms. The molecular formula is C14H16ClN3. The van der Waals surface area contributed by atoms with E-state index >= 15 is 0 Å². The van der Waals surface area contributed by atoms with Crippen LogP contribution in [0.3, 0.4) is 0 Å². The maximum absolute atomic E-state index is 6.11. The fourth-order valence-corrected chi connectivity index (χ4v) is 3.20. The largest absolute Gasteiger partial charge is 0.350 e. The third kappa shape index (κ3) is 1.83. The first kappa shape index (κ1) is 11.7. The van der Waals surface area contributed by atoms with Crippen LogP contribution in [0.15, 0.2) is 30.5 Å². The summed E-state index contributed by atoms with van der Waals surface area (Å²) < 4.78 is 0. The summed E-state index contributed by atoms with van der Waals surface area (Å²) in [4.78, 5) is 2.31. The predicted octanol–water partition coefficient (Wildman–Crippen LogP) is 3.08. The van der Waals surface area contributed by atoms with Gasteiger partial charge in [0.2, 0.25) is 0 Å². The highest BCUT2D eigenvalue weighted by atomic mass is 35.5. The minimum Gasteiger partial charge on any atom is -0.350 e. The molecule has 94 valence electrons. The molecular weight excluding hydrogens is 246 g/mol. The van der Waals surface area contributed by atoms with Crippen LogP contribution in [0.4, 0.5) is 5.82 Å². The van der Waals surface area contributed by atoms with Crippen LogP contribution in [-0.2, 0) is 0 Å². The number of rotatable bonds is 2. The van der Waals surface area contributed by atoms with Gasteiger partial charge in [-0.25, -0.2) is 0 Å². The number of hydrogen-bond donors (Lipinski definition) is 0. The molecule has 0 radical (unpaired) electrons. The molecule has 1 saturated heterocycles. The third-order valence-electron chi connectivity index (χ3n) is 3.86. The van der Waals surface area contributed by atoms with Gasteiger partial charge in [0.25, 0.3) is 0 Å². The minimum atomic E-state index is 0.367. The number of benzene rings is 1. The molecule has 2 unspecified atom stereocenters. The molecule has 3 nitrogen and oxygen atoms in total. The van der Waals surface area contributed by atoms with Crippen molar-refractivity contribution in [1.82, 2.24) is 10.2 Å². The van der Waals surface area contributed by atoms with E-state index in [-0.39, 0.29) is 0 Å². The molecule has 1 aromatic heterocycles. The van der Waals surface area contributed by atoms with Crippen LogP contribution >= 0.6 is 11.6 Å². The fourth-order valence-electron chi connectivity index (χ4n) is 2.73. The van der Waals surface area contributed by atoms with E-state index in [4.69, 9.17) is 11.6 Å². The van der Waals surface area contributed by atoms with Crippen molar-refractivity contribution < 1.29 is 0 Å². The quantitative estimate of drug-likeness (QED) is 0.778. The van der Waals surface area contributed by atoms with Crippen LogP contribution < -0.4 is 4.90 Å². The molecule has 1 fully saturated rings. The normalized spacial score (nSPS) is 23.8. The van der Waals surface area contributed by atoms with Crippen molar-refractivity contribution in [3.05, 3.63) is 30.5 Å². The zero-order valence-electron chi connectivity index (χ0n) is 10.4. The van der Waals surface area contributed by atoms with Crippen molar-refractivity contribution in [2.75, 3.05) is 17.3 Å². The molecule has 2 atom stereocenters. The molecule has 0 saturated carbocycles. The monoisotopic (exact) mass is 261 g/mol. The standard InChI is InChI=1S/C14H16ClN3/c1-10-6-7-18(13(10)8-15)14-12-5-3-2-4-11(12)9-16-17-14/h2-5,9-10,13H,6-8H2,1H3. The Kier molecular flexibility index (Phi) is 3.08.